The van der Waals surface area contributed by atoms with E-state index in [0.29, 0.717) is 46.6 Å². The van der Waals surface area contributed by atoms with E-state index in [2.05, 4.69) is 279 Å². The molecule has 0 aliphatic rings. The van der Waals surface area contributed by atoms with Crippen LogP contribution in [0.15, 0.2) is 315 Å². The van der Waals surface area contributed by atoms with Crippen LogP contribution in [0.25, 0.3) is 246 Å². The lowest BCUT2D eigenvalue weighted by Crippen LogP contribution is -2.00. The number of aromatic nitrogens is 10. The highest BCUT2D eigenvalue weighted by molar-refractivity contribution is 7.29. The van der Waals surface area contributed by atoms with Gasteiger partial charge in [-0.25, -0.2) is 49.8 Å². The van der Waals surface area contributed by atoms with Crippen molar-refractivity contribution in [1.29, 1.82) is 0 Å². The third-order valence-corrected chi connectivity index (χ3v) is 28.8. The fraction of sp³-hybridized carbons (Fsp3) is 0. The Morgan fingerprint density at radius 3 is 1.01 bits per heavy atom. The Bertz CT molecular complexity index is 8160. The zero-order valence-corrected chi connectivity index (χ0v) is 64.8. The number of fused-ring (bicyclic) bond motifs is 18. The van der Waals surface area contributed by atoms with Gasteiger partial charge in [0, 0.05) is 156 Å². The normalized spacial score (nSPS) is 12.0. The summed E-state index contributed by atoms with van der Waals surface area (Å²) in [6.07, 6.45) is 0. The van der Waals surface area contributed by atoms with Crippen molar-refractivity contribution in [2.75, 3.05) is 0 Å². The van der Waals surface area contributed by atoms with Crippen LogP contribution in [0.2, 0.25) is 0 Å². The predicted molar refractivity (Wildman–Crippen MR) is 482 cm³/mol. The van der Waals surface area contributed by atoms with E-state index in [1.165, 1.54) is 35.6 Å². The molecular formula is C98H52N10S6. The predicted octanol–water partition coefficient (Wildman–Crippen LogP) is 28.2. The Morgan fingerprint density at radius 2 is 0.474 bits per heavy atom. The molecule has 10 heterocycles. The molecule has 0 amide bonds. The fourth-order valence-corrected chi connectivity index (χ4v) is 23.5. The van der Waals surface area contributed by atoms with Gasteiger partial charge in [-0.2, -0.15) is 0 Å². The van der Waals surface area contributed by atoms with Gasteiger partial charge in [-0.3, -0.25) is 0 Å². The molecule has 0 fully saturated rings. The van der Waals surface area contributed by atoms with Crippen molar-refractivity contribution in [3.8, 4) is 125 Å². The first-order chi connectivity index (χ1) is 56.4. The third kappa shape index (κ3) is 10.6. The third-order valence-electron chi connectivity index (χ3n) is 21.7. The van der Waals surface area contributed by atoms with Crippen molar-refractivity contribution >= 4 is 189 Å². The van der Waals surface area contributed by atoms with Crippen molar-refractivity contribution in [3.63, 3.8) is 0 Å². The van der Waals surface area contributed by atoms with Gasteiger partial charge in [0.2, 0.25) is 0 Å². The molecule has 10 aromatic heterocycles. The minimum absolute atomic E-state index is 0.613. The van der Waals surface area contributed by atoms with Crippen LogP contribution in [0.4, 0.5) is 0 Å². The largest absolute Gasteiger partial charge is 0.226 e. The highest BCUT2D eigenvalue weighted by Crippen LogP contribution is 2.51. The van der Waals surface area contributed by atoms with Crippen LogP contribution in [-0.4, -0.2) is 49.8 Å². The lowest BCUT2D eigenvalue weighted by atomic mass is 9.99. The Morgan fingerprint density at radius 1 is 0.158 bits per heavy atom. The molecular weight excluding hydrogens is 1510 g/mol. The van der Waals surface area contributed by atoms with Crippen molar-refractivity contribution in [1.82, 2.24) is 49.8 Å². The minimum Gasteiger partial charge on any atom is -0.226 e. The van der Waals surface area contributed by atoms with Gasteiger partial charge in [-0.05, 0) is 71.8 Å². The maximum absolute atomic E-state index is 5.70. The number of thiophene rings is 6. The van der Waals surface area contributed by atoms with Gasteiger partial charge in [-0.1, -0.05) is 255 Å². The smallest absolute Gasteiger partial charge is 0.165 e. The summed E-state index contributed by atoms with van der Waals surface area (Å²) in [4.78, 5) is 54.4. The molecule has 0 radical (unpaired) electrons. The summed E-state index contributed by atoms with van der Waals surface area (Å²) in [7, 11) is 0. The maximum atomic E-state index is 5.70. The van der Waals surface area contributed by atoms with Crippen LogP contribution in [-0.2, 0) is 0 Å². The SMILES string of the molecule is c1ccc(-c2nc(-c3ccc4c(c3)sc3ccccc34)nc(-c3cccc4sc5c(-c6nc(-c7cccc(-c8cccc(-c9nc(-c%10cccc%11c%10sc%10cccc(-c%12nc(-c%13ccccc%13)nc(-c%13cccc%14c%13sc%13ccccc%13%14)n%12)c%10%11)c%10sc%11ccccc%11c%10n9)c8)c7)nc7c6sc6ccccc67)cccc5c34)n2)cc1. The molecule has 0 saturated heterocycles. The summed E-state index contributed by atoms with van der Waals surface area (Å²) in [5.41, 5.74) is 15.1. The van der Waals surface area contributed by atoms with E-state index >= 15 is 0 Å². The number of nitrogens with zero attached hydrogens (tertiary/aromatic N) is 10. The van der Waals surface area contributed by atoms with Gasteiger partial charge in [0.05, 0.1) is 31.8 Å². The summed E-state index contributed by atoms with van der Waals surface area (Å²) in [5, 5.41) is 11.5. The van der Waals surface area contributed by atoms with Gasteiger partial charge >= 0.3 is 0 Å². The lowest BCUT2D eigenvalue weighted by Gasteiger charge is -2.11. The Labute approximate surface area is 673 Å². The zero-order valence-electron chi connectivity index (χ0n) is 59.9. The Kier molecular flexibility index (Phi) is 14.9. The maximum Gasteiger partial charge on any atom is 0.165 e. The molecule has 530 valence electrons. The second kappa shape index (κ2) is 26.1. The highest BCUT2D eigenvalue weighted by Gasteiger charge is 2.27. The average molecular weight is 1560 g/mol. The summed E-state index contributed by atoms with van der Waals surface area (Å²) < 4.78 is 13.7. The summed E-state index contributed by atoms with van der Waals surface area (Å²) in [6, 6.07) is 111. The minimum atomic E-state index is 0.613. The van der Waals surface area contributed by atoms with Gasteiger partial charge in [0.1, 0.15) is 0 Å². The lowest BCUT2D eigenvalue weighted by molar-refractivity contribution is 1.08. The van der Waals surface area contributed by atoms with Gasteiger partial charge in [-0.15, -0.1) is 68.0 Å². The Balaban J connectivity index is 0.616. The first kappa shape index (κ1) is 65.3. The number of hydrogen-bond donors (Lipinski definition) is 0. The fourth-order valence-electron chi connectivity index (χ4n) is 16.4. The Hall–Kier alpha value is -13.4. The van der Waals surface area contributed by atoms with Gasteiger partial charge in [0.25, 0.3) is 0 Å². The van der Waals surface area contributed by atoms with Crippen molar-refractivity contribution < 1.29 is 0 Å². The van der Waals surface area contributed by atoms with Crippen LogP contribution in [0, 0.1) is 0 Å². The zero-order chi connectivity index (χ0) is 74.6. The molecule has 0 bridgehead atoms. The monoisotopic (exact) mass is 1560 g/mol. The second-order valence-corrected chi connectivity index (χ2v) is 34.7. The summed E-state index contributed by atoms with van der Waals surface area (Å²) >= 11 is 10.6. The van der Waals surface area contributed by atoms with Crippen LogP contribution in [0.3, 0.4) is 0 Å². The van der Waals surface area contributed by atoms with E-state index in [1.807, 2.05) is 36.4 Å². The average Bonchev–Trinajstić information content (AvgIpc) is 1.57. The number of hydrogen-bond acceptors (Lipinski definition) is 16. The number of rotatable bonds is 11. The molecule has 0 aliphatic heterocycles. The molecule has 114 heavy (non-hydrogen) atoms. The summed E-state index contributed by atoms with van der Waals surface area (Å²) in [5.74, 6) is 5.00. The standard InChI is InChI=1S/C98H52N10S6/c1-3-22-53(23-4-1)91-103-95(59-48-49-62-60-30-7-11-42-73(60)109-79(62)52-59)107-96(104-91)68-37-20-46-77-80(68)66-35-18-39-70(87(66)113-77)84-89-82(64-32-9-13-44-75(64)111-89)99-93(101-84)57-28-15-26-55(50-57)56-27-16-29-58(51-56)94-100-83-65-33-10-14-45-76(65)112-90(83)85(102-94)71-40-19-36-67-81-69(38-21-47-78(81)114-88(67)71)97-105-92(54-24-5-2-6-25-54)106-98(108-97)72-41-17-34-63-61-31-8-12-43-74(61)110-86(63)72/h1-52H. The molecule has 24 aromatic rings. The number of benzene rings is 14. The topological polar surface area (TPSA) is 129 Å². The van der Waals surface area contributed by atoms with Gasteiger partial charge in [0.15, 0.2) is 46.6 Å². The molecule has 10 nitrogen and oxygen atoms in total. The van der Waals surface area contributed by atoms with Crippen LogP contribution < -0.4 is 0 Å². The van der Waals surface area contributed by atoms with Crippen molar-refractivity contribution in [2.45, 2.75) is 0 Å². The molecule has 0 unspecified atom stereocenters. The van der Waals surface area contributed by atoms with Crippen molar-refractivity contribution in [3.05, 3.63) is 315 Å². The molecule has 24 rings (SSSR count). The first-order valence-electron chi connectivity index (χ1n) is 37.4. The van der Waals surface area contributed by atoms with E-state index in [-0.39, 0.29) is 0 Å². The molecule has 14 aromatic carbocycles. The van der Waals surface area contributed by atoms with Crippen LogP contribution >= 0.6 is 68.0 Å². The van der Waals surface area contributed by atoms with Crippen LogP contribution in [0.1, 0.15) is 0 Å². The molecule has 0 atom stereocenters. The molecule has 0 saturated carbocycles. The second-order valence-electron chi connectivity index (χ2n) is 28.4. The molecule has 16 heteroatoms. The molecule has 0 spiro atoms. The molecule has 0 aliphatic carbocycles. The highest BCUT2D eigenvalue weighted by atomic mass is 32.1. The summed E-state index contributed by atoms with van der Waals surface area (Å²) in [6.45, 7) is 0. The van der Waals surface area contributed by atoms with E-state index in [1.54, 1.807) is 68.0 Å². The van der Waals surface area contributed by atoms with Gasteiger partial charge < -0.3 is 0 Å². The first-order valence-corrected chi connectivity index (χ1v) is 42.3. The van der Waals surface area contributed by atoms with E-state index in [9.17, 15) is 0 Å². The van der Waals surface area contributed by atoms with E-state index in [0.717, 1.165) is 164 Å². The molecule has 0 N–H and O–H groups in total. The van der Waals surface area contributed by atoms with Crippen molar-refractivity contribution in [2.24, 2.45) is 0 Å². The van der Waals surface area contributed by atoms with Crippen LogP contribution in [0.5, 0.6) is 0 Å². The van der Waals surface area contributed by atoms with E-state index in [4.69, 9.17) is 49.8 Å². The quantitative estimate of drug-likeness (QED) is 0.123. The van der Waals surface area contributed by atoms with E-state index < -0.39 is 0 Å².